The Balaban J connectivity index is 2.02. The van der Waals surface area contributed by atoms with Gasteiger partial charge in [-0.25, -0.2) is 0 Å². The number of nitrogens with zero attached hydrogens (tertiary/aromatic N) is 1. The lowest BCUT2D eigenvalue weighted by Crippen LogP contribution is -2.30. The Morgan fingerprint density at radius 1 is 1.26 bits per heavy atom. The third kappa shape index (κ3) is 5.85. The number of nitriles is 1. The van der Waals surface area contributed by atoms with Crippen molar-refractivity contribution in [2.24, 2.45) is 0 Å². The van der Waals surface area contributed by atoms with E-state index in [4.69, 9.17) is 4.74 Å². The summed E-state index contributed by atoms with van der Waals surface area (Å²) >= 11 is 0. The van der Waals surface area contributed by atoms with Gasteiger partial charge in [-0.1, -0.05) is 25.1 Å². The maximum atomic E-state index is 12.4. The van der Waals surface area contributed by atoms with Crippen molar-refractivity contribution in [2.75, 3.05) is 13.2 Å². The van der Waals surface area contributed by atoms with Gasteiger partial charge < -0.3 is 15.4 Å². The van der Waals surface area contributed by atoms with E-state index in [9.17, 15) is 14.9 Å². The first-order chi connectivity index (χ1) is 13.1. The van der Waals surface area contributed by atoms with Crippen molar-refractivity contribution in [1.29, 1.82) is 5.26 Å². The number of hydrogen-bond acceptors (Lipinski definition) is 5. The van der Waals surface area contributed by atoms with Gasteiger partial charge in [0.25, 0.3) is 5.91 Å². The predicted octanol–water partition coefficient (Wildman–Crippen LogP) is 2.69. The van der Waals surface area contributed by atoms with Gasteiger partial charge in [0.1, 0.15) is 18.2 Å². The molecule has 0 bridgehead atoms. The number of amides is 1. The minimum Gasteiger partial charge on any atom is -0.465 e. The molecule has 0 heterocycles. The fraction of sp³-hybridized carbons (Fsp3) is 0.476. The molecule has 0 saturated carbocycles. The van der Waals surface area contributed by atoms with Crippen LogP contribution in [0.25, 0.3) is 0 Å². The van der Waals surface area contributed by atoms with E-state index in [0.29, 0.717) is 0 Å². The van der Waals surface area contributed by atoms with Crippen molar-refractivity contribution in [2.45, 2.75) is 52.0 Å². The SMILES string of the molecule is CCOC(=O)CN/C=C(/C#N)C(=O)NC(CC)c1ccc2c(c1)CCCC2. The van der Waals surface area contributed by atoms with Gasteiger partial charge in [-0.2, -0.15) is 5.26 Å². The number of fused-ring (bicyclic) bond motifs is 1. The van der Waals surface area contributed by atoms with E-state index in [-0.39, 0.29) is 24.8 Å². The van der Waals surface area contributed by atoms with Crippen LogP contribution in [0.1, 0.15) is 55.8 Å². The van der Waals surface area contributed by atoms with Crippen molar-refractivity contribution < 1.29 is 14.3 Å². The maximum Gasteiger partial charge on any atom is 0.325 e. The van der Waals surface area contributed by atoms with Gasteiger partial charge in [-0.15, -0.1) is 0 Å². The zero-order chi connectivity index (χ0) is 19.6. The second-order valence-corrected chi connectivity index (χ2v) is 6.53. The molecule has 2 N–H and O–H groups in total. The van der Waals surface area contributed by atoms with Crippen LogP contribution in [0.2, 0.25) is 0 Å². The topological polar surface area (TPSA) is 91.2 Å². The molecule has 1 amide bonds. The molecule has 27 heavy (non-hydrogen) atoms. The number of ether oxygens (including phenoxy) is 1. The van der Waals surface area contributed by atoms with Crippen LogP contribution in [-0.4, -0.2) is 25.0 Å². The summed E-state index contributed by atoms with van der Waals surface area (Å²) in [6, 6.07) is 8.11. The summed E-state index contributed by atoms with van der Waals surface area (Å²) in [6.07, 6.45) is 6.61. The number of carbonyl (C=O) groups excluding carboxylic acids is 2. The van der Waals surface area contributed by atoms with Gasteiger partial charge in [0.15, 0.2) is 0 Å². The monoisotopic (exact) mass is 369 g/mol. The molecule has 1 aromatic rings. The summed E-state index contributed by atoms with van der Waals surface area (Å²) in [4.78, 5) is 23.8. The zero-order valence-corrected chi connectivity index (χ0v) is 16.0. The lowest BCUT2D eigenvalue weighted by Gasteiger charge is -2.21. The number of aryl methyl sites for hydroxylation is 2. The molecule has 0 saturated heterocycles. The highest BCUT2D eigenvalue weighted by atomic mass is 16.5. The molecule has 0 spiro atoms. The number of hydrogen-bond donors (Lipinski definition) is 2. The number of rotatable bonds is 8. The van der Waals surface area contributed by atoms with Crippen molar-refractivity contribution in [3.63, 3.8) is 0 Å². The van der Waals surface area contributed by atoms with Crippen LogP contribution in [0.5, 0.6) is 0 Å². The molecule has 1 aliphatic rings. The summed E-state index contributed by atoms with van der Waals surface area (Å²) in [6.45, 7) is 3.91. The largest absolute Gasteiger partial charge is 0.465 e. The lowest BCUT2D eigenvalue weighted by atomic mass is 9.88. The van der Waals surface area contributed by atoms with Gasteiger partial charge in [-0.3, -0.25) is 9.59 Å². The van der Waals surface area contributed by atoms with E-state index in [0.717, 1.165) is 24.8 Å². The van der Waals surface area contributed by atoms with Crippen LogP contribution < -0.4 is 10.6 Å². The average Bonchev–Trinajstić information content (AvgIpc) is 2.69. The standard InChI is InChI=1S/C21H27N3O3/c1-3-19(17-10-9-15-7-5-6-8-16(15)11-17)24-21(26)18(12-22)13-23-14-20(25)27-4-2/h9-11,13,19,23H,3-8,14H2,1-2H3,(H,24,26)/b18-13-. The van der Waals surface area contributed by atoms with Crippen LogP contribution in [0.3, 0.4) is 0 Å². The second kappa shape index (κ2) is 10.4. The van der Waals surface area contributed by atoms with E-state index < -0.39 is 11.9 Å². The highest BCUT2D eigenvalue weighted by molar-refractivity contribution is 5.97. The van der Waals surface area contributed by atoms with Gasteiger partial charge >= 0.3 is 5.97 Å². The Labute approximate surface area is 160 Å². The van der Waals surface area contributed by atoms with Crippen LogP contribution in [0.4, 0.5) is 0 Å². The van der Waals surface area contributed by atoms with Gasteiger partial charge in [0, 0.05) is 6.20 Å². The molecule has 0 aliphatic heterocycles. The Kier molecular flexibility index (Phi) is 7.87. The van der Waals surface area contributed by atoms with Crippen LogP contribution in [0.15, 0.2) is 30.0 Å². The fourth-order valence-electron chi connectivity index (χ4n) is 3.22. The molecule has 1 aliphatic carbocycles. The molecular formula is C21H27N3O3. The molecule has 1 atom stereocenters. The molecule has 0 fully saturated rings. The van der Waals surface area contributed by atoms with E-state index >= 15 is 0 Å². The minimum atomic E-state index is -0.460. The van der Waals surface area contributed by atoms with Crippen molar-refractivity contribution in [3.05, 3.63) is 46.7 Å². The van der Waals surface area contributed by atoms with Gasteiger partial charge in [0.2, 0.25) is 0 Å². The Morgan fingerprint density at radius 2 is 2.00 bits per heavy atom. The number of nitrogens with one attached hydrogen (secondary N) is 2. The van der Waals surface area contributed by atoms with Crippen LogP contribution in [-0.2, 0) is 27.2 Å². The summed E-state index contributed by atoms with van der Waals surface area (Å²) in [7, 11) is 0. The molecule has 144 valence electrons. The minimum absolute atomic E-state index is 0.0734. The lowest BCUT2D eigenvalue weighted by molar-refractivity contribution is -0.141. The fourth-order valence-corrected chi connectivity index (χ4v) is 3.22. The average molecular weight is 369 g/mol. The number of esters is 1. The predicted molar refractivity (Wildman–Crippen MR) is 103 cm³/mol. The Hall–Kier alpha value is -2.81. The summed E-state index contributed by atoms with van der Waals surface area (Å²) in [5.41, 5.74) is 3.74. The molecule has 0 aromatic heterocycles. The zero-order valence-electron chi connectivity index (χ0n) is 16.0. The van der Waals surface area contributed by atoms with E-state index in [2.05, 4.69) is 28.8 Å². The number of carbonyl (C=O) groups is 2. The third-order valence-corrected chi connectivity index (χ3v) is 4.65. The first-order valence-corrected chi connectivity index (χ1v) is 9.50. The first kappa shape index (κ1) is 20.5. The molecule has 1 aromatic carbocycles. The van der Waals surface area contributed by atoms with Crippen molar-refractivity contribution in [1.82, 2.24) is 10.6 Å². The molecule has 2 rings (SSSR count). The Morgan fingerprint density at radius 3 is 2.67 bits per heavy atom. The van der Waals surface area contributed by atoms with Crippen molar-refractivity contribution in [3.8, 4) is 6.07 Å². The van der Waals surface area contributed by atoms with E-state index in [1.54, 1.807) is 6.92 Å². The second-order valence-electron chi connectivity index (χ2n) is 6.53. The van der Waals surface area contributed by atoms with E-state index in [1.807, 2.05) is 13.0 Å². The summed E-state index contributed by atoms with van der Waals surface area (Å²) in [5, 5.41) is 14.8. The van der Waals surface area contributed by atoms with Crippen molar-refractivity contribution >= 4 is 11.9 Å². The van der Waals surface area contributed by atoms with Crippen LogP contribution in [0, 0.1) is 11.3 Å². The smallest absolute Gasteiger partial charge is 0.325 e. The van der Waals surface area contributed by atoms with Gasteiger partial charge in [0.05, 0.1) is 12.6 Å². The quantitative estimate of drug-likeness (QED) is 0.418. The normalized spacial score (nSPS) is 14.5. The molecule has 6 heteroatoms. The first-order valence-electron chi connectivity index (χ1n) is 9.50. The molecule has 6 nitrogen and oxygen atoms in total. The van der Waals surface area contributed by atoms with Gasteiger partial charge in [-0.05, 0) is 55.7 Å². The van der Waals surface area contributed by atoms with E-state index in [1.165, 1.54) is 30.2 Å². The third-order valence-electron chi connectivity index (χ3n) is 4.65. The highest BCUT2D eigenvalue weighted by Crippen LogP contribution is 2.26. The molecule has 0 radical (unpaired) electrons. The summed E-state index contributed by atoms with van der Waals surface area (Å²) < 4.78 is 4.79. The number of benzene rings is 1. The van der Waals surface area contributed by atoms with Crippen LogP contribution >= 0.6 is 0 Å². The molecular weight excluding hydrogens is 342 g/mol. The maximum absolute atomic E-state index is 12.4. The molecule has 1 unspecified atom stereocenters. The Bertz CT molecular complexity index is 750. The summed E-state index contributed by atoms with van der Waals surface area (Å²) in [5.74, 6) is -0.898. The highest BCUT2D eigenvalue weighted by Gasteiger charge is 2.18.